The van der Waals surface area contributed by atoms with Gasteiger partial charge in [-0.3, -0.25) is 13.9 Å². The SMILES string of the molecule is Cc1ccc(C)c(Cn2c(=O)n(Cc3ccccc3)c(=O)c3ncccc32)c1. The second kappa shape index (κ2) is 7.27. The van der Waals surface area contributed by atoms with Gasteiger partial charge in [-0.2, -0.15) is 0 Å². The third-order valence-electron chi connectivity index (χ3n) is 5.00. The molecule has 0 amide bonds. The van der Waals surface area contributed by atoms with Crippen molar-refractivity contribution in [1.29, 1.82) is 0 Å². The number of aryl methyl sites for hydroxylation is 2. The summed E-state index contributed by atoms with van der Waals surface area (Å²) >= 11 is 0. The molecule has 5 heteroatoms. The molecule has 2 aromatic heterocycles. The fourth-order valence-electron chi connectivity index (χ4n) is 3.44. The third kappa shape index (κ3) is 3.27. The lowest BCUT2D eigenvalue weighted by atomic mass is 10.1. The zero-order valence-electron chi connectivity index (χ0n) is 15.9. The van der Waals surface area contributed by atoms with Crippen LogP contribution in [0.2, 0.25) is 0 Å². The van der Waals surface area contributed by atoms with E-state index >= 15 is 0 Å². The molecule has 0 saturated heterocycles. The van der Waals surface area contributed by atoms with Gasteiger partial charge in [-0.1, -0.05) is 54.1 Å². The van der Waals surface area contributed by atoms with E-state index in [9.17, 15) is 9.59 Å². The van der Waals surface area contributed by atoms with E-state index in [0.29, 0.717) is 17.6 Å². The van der Waals surface area contributed by atoms with Gasteiger partial charge in [0.15, 0.2) is 5.52 Å². The number of rotatable bonds is 4. The summed E-state index contributed by atoms with van der Waals surface area (Å²) in [4.78, 5) is 30.5. The van der Waals surface area contributed by atoms with Crippen LogP contribution in [0.3, 0.4) is 0 Å². The van der Waals surface area contributed by atoms with Crippen molar-refractivity contribution < 1.29 is 0 Å². The van der Waals surface area contributed by atoms with Crippen LogP contribution in [0.15, 0.2) is 76.4 Å². The number of benzene rings is 2. The van der Waals surface area contributed by atoms with Crippen molar-refractivity contribution in [3.63, 3.8) is 0 Å². The average molecular weight is 371 g/mol. The number of nitrogens with zero attached hydrogens (tertiary/aromatic N) is 3. The molecule has 140 valence electrons. The van der Waals surface area contributed by atoms with E-state index in [0.717, 1.165) is 22.3 Å². The monoisotopic (exact) mass is 371 g/mol. The molecule has 4 aromatic rings. The fourth-order valence-corrected chi connectivity index (χ4v) is 3.44. The average Bonchev–Trinajstić information content (AvgIpc) is 2.71. The van der Waals surface area contributed by atoms with Crippen molar-refractivity contribution in [3.8, 4) is 0 Å². The van der Waals surface area contributed by atoms with Crippen LogP contribution in [0.25, 0.3) is 11.0 Å². The second-order valence-corrected chi connectivity index (χ2v) is 7.05. The van der Waals surface area contributed by atoms with Crippen LogP contribution >= 0.6 is 0 Å². The maximum atomic E-state index is 13.3. The van der Waals surface area contributed by atoms with E-state index in [1.807, 2.05) is 44.2 Å². The molecular weight excluding hydrogens is 350 g/mol. The van der Waals surface area contributed by atoms with Gasteiger partial charge in [0.1, 0.15) is 0 Å². The highest BCUT2D eigenvalue weighted by Gasteiger charge is 2.15. The van der Waals surface area contributed by atoms with E-state index in [4.69, 9.17) is 0 Å². The van der Waals surface area contributed by atoms with Gasteiger partial charge in [-0.25, -0.2) is 9.78 Å². The lowest BCUT2D eigenvalue weighted by molar-refractivity contribution is 0.632. The molecular formula is C23H21N3O2. The Morgan fingerprint density at radius 2 is 1.64 bits per heavy atom. The minimum absolute atomic E-state index is 0.220. The Labute approximate surface area is 162 Å². The van der Waals surface area contributed by atoms with Crippen molar-refractivity contribution in [1.82, 2.24) is 14.1 Å². The van der Waals surface area contributed by atoms with Crippen LogP contribution in [0, 0.1) is 13.8 Å². The van der Waals surface area contributed by atoms with Gasteiger partial charge in [-0.05, 0) is 42.7 Å². The molecule has 0 N–H and O–H groups in total. The van der Waals surface area contributed by atoms with Gasteiger partial charge in [0.2, 0.25) is 0 Å². The van der Waals surface area contributed by atoms with Crippen LogP contribution < -0.4 is 11.2 Å². The lowest BCUT2D eigenvalue weighted by Gasteiger charge is -2.15. The Morgan fingerprint density at radius 3 is 2.43 bits per heavy atom. The van der Waals surface area contributed by atoms with Gasteiger partial charge >= 0.3 is 5.69 Å². The minimum atomic E-state index is -0.360. The highest BCUT2D eigenvalue weighted by atomic mass is 16.2. The Balaban J connectivity index is 1.93. The molecule has 0 unspecified atom stereocenters. The van der Waals surface area contributed by atoms with E-state index in [1.54, 1.807) is 22.9 Å². The molecule has 4 rings (SSSR count). The molecule has 0 spiro atoms. The summed E-state index contributed by atoms with van der Waals surface area (Å²) in [7, 11) is 0. The Morgan fingerprint density at radius 1 is 0.857 bits per heavy atom. The van der Waals surface area contributed by atoms with Gasteiger partial charge < -0.3 is 0 Å². The molecule has 0 aliphatic carbocycles. The first-order valence-corrected chi connectivity index (χ1v) is 9.23. The Kier molecular flexibility index (Phi) is 4.65. The highest BCUT2D eigenvalue weighted by Crippen LogP contribution is 2.14. The van der Waals surface area contributed by atoms with Crippen molar-refractivity contribution in [3.05, 3.63) is 110 Å². The Bertz CT molecular complexity index is 1270. The summed E-state index contributed by atoms with van der Waals surface area (Å²) in [6, 6.07) is 19.2. The van der Waals surface area contributed by atoms with E-state index in [1.165, 1.54) is 4.57 Å². The summed E-state index contributed by atoms with van der Waals surface area (Å²) in [5.74, 6) is 0. The smallest absolute Gasteiger partial charge is 0.287 e. The first-order chi connectivity index (χ1) is 13.5. The number of hydrogen-bond acceptors (Lipinski definition) is 3. The maximum absolute atomic E-state index is 13.3. The van der Waals surface area contributed by atoms with Crippen LogP contribution in [-0.4, -0.2) is 14.1 Å². The molecule has 0 atom stereocenters. The summed E-state index contributed by atoms with van der Waals surface area (Å²) in [5.41, 5.74) is 4.37. The number of fused-ring (bicyclic) bond motifs is 1. The summed E-state index contributed by atoms with van der Waals surface area (Å²) < 4.78 is 2.92. The predicted molar refractivity (Wildman–Crippen MR) is 111 cm³/mol. The Hall–Kier alpha value is -3.47. The molecule has 2 heterocycles. The summed E-state index contributed by atoms with van der Waals surface area (Å²) in [5, 5.41) is 0. The normalized spacial score (nSPS) is 11.1. The van der Waals surface area contributed by atoms with E-state index in [2.05, 4.69) is 23.2 Å². The standard InChI is InChI=1S/C23H21N3O2/c1-16-10-11-17(2)19(13-16)15-25-20-9-6-12-24-21(20)22(27)26(23(25)28)14-18-7-4-3-5-8-18/h3-13H,14-15H2,1-2H3. The molecule has 2 aromatic carbocycles. The largest absolute Gasteiger partial charge is 0.332 e. The number of hydrogen-bond donors (Lipinski definition) is 0. The molecule has 0 aliphatic heterocycles. The second-order valence-electron chi connectivity index (χ2n) is 7.05. The fraction of sp³-hybridized carbons (Fsp3) is 0.174. The van der Waals surface area contributed by atoms with Crippen molar-refractivity contribution in [2.45, 2.75) is 26.9 Å². The minimum Gasteiger partial charge on any atom is -0.287 e. The van der Waals surface area contributed by atoms with Gasteiger partial charge in [0, 0.05) is 6.20 Å². The van der Waals surface area contributed by atoms with Gasteiger partial charge in [0.25, 0.3) is 5.56 Å². The van der Waals surface area contributed by atoms with Crippen LogP contribution in [0.1, 0.15) is 22.3 Å². The van der Waals surface area contributed by atoms with Crippen molar-refractivity contribution in [2.75, 3.05) is 0 Å². The third-order valence-corrected chi connectivity index (χ3v) is 5.00. The molecule has 0 radical (unpaired) electrons. The number of pyridine rings is 1. The van der Waals surface area contributed by atoms with Crippen molar-refractivity contribution in [2.24, 2.45) is 0 Å². The zero-order valence-corrected chi connectivity index (χ0v) is 15.9. The highest BCUT2D eigenvalue weighted by molar-refractivity contribution is 5.73. The lowest BCUT2D eigenvalue weighted by Crippen LogP contribution is -2.41. The molecule has 0 fully saturated rings. The topological polar surface area (TPSA) is 56.9 Å². The van der Waals surface area contributed by atoms with Gasteiger partial charge in [0.05, 0.1) is 18.6 Å². The molecule has 0 aliphatic rings. The predicted octanol–water partition coefficient (Wildman–Crippen LogP) is 3.27. The van der Waals surface area contributed by atoms with Crippen LogP contribution in [-0.2, 0) is 13.1 Å². The summed E-state index contributed by atoms with van der Waals surface area (Å²) in [6.07, 6.45) is 1.59. The molecule has 5 nitrogen and oxygen atoms in total. The van der Waals surface area contributed by atoms with Gasteiger partial charge in [-0.15, -0.1) is 0 Å². The number of aromatic nitrogens is 3. The van der Waals surface area contributed by atoms with E-state index < -0.39 is 0 Å². The van der Waals surface area contributed by atoms with Crippen molar-refractivity contribution >= 4 is 11.0 Å². The first-order valence-electron chi connectivity index (χ1n) is 9.23. The van der Waals surface area contributed by atoms with Crippen LogP contribution in [0.5, 0.6) is 0 Å². The molecule has 28 heavy (non-hydrogen) atoms. The summed E-state index contributed by atoms with van der Waals surface area (Å²) in [6.45, 7) is 4.67. The van der Waals surface area contributed by atoms with E-state index in [-0.39, 0.29) is 17.8 Å². The van der Waals surface area contributed by atoms with Crippen LogP contribution in [0.4, 0.5) is 0 Å². The maximum Gasteiger partial charge on any atom is 0.332 e. The first kappa shape index (κ1) is 17.9. The zero-order chi connectivity index (χ0) is 19.7. The quantitative estimate of drug-likeness (QED) is 0.553. The molecule has 0 bridgehead atoms. The molecule has 0 saturated carbocycles.